The summed E-state index contributed by atoms with van der Waals surface area (Å²) < 4.78 is 0. The maximum Gasteiger partial charge on any atom is 0.255 e. The van der Waals surface area contributed by atoms with E-state index >= 15 is 0 Å². The summed E-state index contributed by atoms with van der Waals surface area (Å²) in [5.41, 5.74) is 3.22. The second-order valence-corrected chi connectivity index (χ2v) is 6.71. The first-order chi connectivity index (χ1) is 12.6. The van der Waals surface area contributed by atoms with Crippen LogP contribution in [0, 0.1) is 0 Å². The first-order valence-electron chi connectivity index (χ1n) is 8.35. The van der Waals surface area contributed by atoms with Crippen LogP contribution < -0.4 is 5.32 Å². The van der Waals surface area contributed by atoms with E-state index in [1.54, 1.807) is 6.20 Å². The maximum absolute atomic E-state index is 12.7. The Morgan fingerprint density at radius 2 is 1.96 bits per heavy atom. The molecule has 3 aromatic rings. The van der Waals surface area contributed by atoms with Gasteiger partial charge in [0.15, 0.2) is 0 Å². The minimum atomic E-state index is -0.161. The molecule has 1 amide bonds. The van der Waals surface area contributed by atoms with Crippen LogP contribution >= 0.6 is 11.6 Å². The summed E-state index contributed by atoms with van der Waals surface area (Å²) in [7, 11) is 3.95. The van der Waals surface area contributed by atoms with Crippen LogP contribution in [0.1, 0.15) is 22.0 Å². The van der Waals surface area contributed by atoms with Gasteiger partial charge in [-0.2, -0.15) is 5.10 Å². The first kappa shape index (κ1) is 18.2. The lowest BCUT2D eigenvalue weighted by atomic mass is 10.1. The third-order valence-corrected chi connectivity index (χ3v) is 4.49. The van der Waals surface area contributed by atoms with Crippen molar-refractivity contribution in [2.24, 2.45) is 0 Å². The number of rotatable bonds is 6. The molecule has 26 heavy (non-hydrogen) atoms. The van der Waals surface area contributed by atoms with Crippen LogP contribution in [0.15, 0.2) is 60.8 Å². The number of benzene rings is 2. The van der Waals surface area contributed by atoms with Crippen LogP contribution in [-0.4, -0.2) is 41.6 Å². The van der Waals surface area contributed by atoms with Gasteiger partial charge in [0.05, 0.1) is 23.5 Å². The van der Waals surface area contributed by atoms with Crippen LogP contribution in [0.2, 0.25) is 5.02 Å². The number of carbonyl (C=O) groups is 1. The summed E-state index contributed by atoms with van der Waals surface area (Å²) in [6.07, 6.45) is 1.56. The highest BCUT2D eigenvalue weighted by Gasteiger charge is 2.19. The van der Waals surface area contributed by atoms with Gasteiger partial charge >= 0.3 is 0 Å². The van der Waals surface area contributed by atoms with Gasteiger partial charge in [0, 0.05) is 17.1 Å². The average Bonchev–Trinajstić information content (AvgIpc) is 3.12. The molecule has 0 fully saturated rings. The molecule has 0 spiro atoms. The SMILES string of the molecule is CN(C)C(CNC(=O)c1cn[nH]c1-c1ccccc1)c1cccc(Cl)c1. The number of nitrogens with zero attached hydrogens (tertiary/aromatic N) is 2. The molecule has 0 saturated carbocycles. The largest absolute Gasteiger partial charge is 0.350 e. The van der Waals surface area contributed by atoms with Crippen molar-refractivity contribution < 1.29 is 4.79 Å². The predicted octanol–water partition coefficient (Wildman–Crippen LogP) is 3.76. The van der Waals surface area contributed by atoms with E-state index < -0.39 is 0 Å². The van der Waals surface area contributed by atoms with E-state index in [0.717, 1.165) is 11.1 Å². The number of nitrogens with one attached hydrogen (secondary N) is 2. The number of amides is 1. The predicted molar refractivity (Wildman–Crippen MR) is 104 cm³/mol. The highest BCUT2D eigenvalue weighted by Crippen LogP contribution is 2.23. The van der Waals surface area contributed by atoms with Gasteiger partial charge in [0.25, 0.3) is 5.91 Å². The quantitative estimate of drug-likeness (QED) is 0.696. The first-order valence-corrected chi connectivity index (χ1v) is 8.73. The normalized spacial score (nSPS) is 12.2. The highest BCUT2D eigenvalue weighted by molar-refractivity contribution is 6.30. The molecule has 0 radical (unpaired) electrons. The van der Waals surface area contributed by atoms with E-state index in [2.05, 4.69) is 20.4 Å². The van der Waals surface area contributed by atoms with Crippen molar-refractivity contribution in [1.29, 1.82) is 0 Å². The molecule has 5 nitrogen and oxygen atoms in total. The third-order valence-electron chi connectivity index (χ3n) is 4.26. The molecular weight excluding hydrogens is 348 g/mol. The third kappa shape index (κ3) is 4.12. The lowest BCUT2D eigenvalue weighted by Crippen LogP contribution is -2.34. The lowest BCUT2D eigenvalue weighted by Gasteiger charge is -2.25. The summed E-state index contributed by atoms with van der Waals surface area (Å²) in [5.74, 6) is -0.161. The van der Waals surface area contributed by atoms with E-state index in [9.17, 15) is 4.79 Å². The van der Waals surface area contributed by atoms with E-state index in [4.69, 9.17) is 11.6 Å². The molecule has 0 saturated heterocycles. The molecule has 2 aromatic carbocycles. The molecule has 1 heterocycles. The van der Waals surface area contributed by atoms with Crippen molar-refractivity contribution in [3.05, 3.63) is 76.9 Å². The molecule has 134 valence electrons. The Hall–Kier alpha value is -2.63. The molecule has 0 aliphatic heterocycles. The van der Waals surface area contributed by atoms with Crippen molar-refractivity contribution in [3.63, 3.8) is 0 Å². The summed E-state index contributed by atoms with van der Waals surface area (Å²) in [4.78, 5) is 14.8. The zero-order valence-electron chi connectivity index (χ0n) is 14.7. The molecule has 0 bridgehead atoms. The molecule has 1 unspecified atom stereocenters. The standard InChI is InChI=1S/C20H21ClN4O/c1-25(2)18(15-9-6-10-16(21)11-15)13-22-20(26)17-12-23-24-19(17)14-7-4-3-5-8-14/h3-12,18H,13H2,1-2H3,(H,22,26)(H,23,24). The molecule has 1 atom stereocenters. The van der Waals surface area contributed by atoms with Crippen LogP contribution in [0.3, 0.4) is 0 Å². The number of likely N-dealkylation sites (N-methyl/N-ethyl adjacent to an activating group) is 1. The van der Waals surface area contributed by atoms with Crippen molar-refractivity contribution >= 4 is 17.5 Å². The monoisotopic (exact) mass is 368 g/mol. The maximum atomic E-state index is 12.7. The van der Waals surface area contributed by atoms with E-state index in [1.165, 1.54) is 0 Å². The molecular formula is C20H21ClN4O. The Bertz CT molecular complexity index is 876. The molecule has 0 aliphatic rings. The van der Waals surface area contributed by atoms with Crippen molar-refractivity contribution in [3.8, 4) is 11.3 Å². The summed E-state index contributed by atoms with van der Waals surface area (Å²) in [6, 6.07) is 17.4. The Labute approximate surface area is 158 Å². The van der Waals surface area contributed by atoms with Crippen LogP contribution in [0.25, 0.3) is 11.3 Å². The minimum Gasteiger partial charge on any atom is -0.350 e. The Kier molecular flexibility index (Phi) is 5.71. The van der Waals surface area contributed by atoms with Gasteiger partial charge in [-0.25, -0.2) is 0 Å². The van der Waals surface area contributed by atoms with Crippen LogP contribution in [0.4, 0.5) is 0 Å². The zero-order valence-corrected chi connectivity index (χ0v) is 15.5. The van der Waals surface area contributed by atoms with Crippen LogP contribution in [0.5, 0.6) is 0 Å². The fourth-order valence-corrected chi connectivity index (χ4v) is 3.08. The van der Waals surface area contributed by atoms with Crippen molar-refractivity contribution in [2.75, 3.05) is 20.6 Å². The number of hydrogen-bond acceptors (Lipinski definition) is 3. The number of halogens is 1. The number of aromatic nitrogens is 2. The Balaban J connectivity index is 1.75. The zero-order chi connectivity index (χ0) is 18.5. The van der Waals surface area contributed by atoms with Crippen molar-refractivity contribution in [2.45, 2.75) is 6.04 Å². The molecule has 0 aliphatic carbocycles. The van der Waals surface area contributed by atoms with Gasteiger partial charge in [-0.1, -0.05) is 54.1 Å². The van der Waals surface area contributed by atoms with E-state index in [0.29, 0.717) is 22.8 Å². The number of hydrogen-bond donors (Lipinski definition) is 2. The van der Waals surface area contributed by atoms with Gasteiger partial charge in [0.2, 0.25) is 0 Å². The van der Waals surface area contributed by atoms with Gasteiger partial charge in [-0.15, -0.1) is 0 Å². The minimum absolute atomic E-state index is 0.0183. The molecule has 1 aromatic heterocycles. The fourth-order valence-electron chi connectivity index (χ4n) is 2.88. The molecule has 3 rings (SSSR count). The smallest absolute Gasteiger partial charge is 0.255 e. The Morgan fingerprint density at radius 1 is 1.19 bits per heavy atom. The number of aromatic amines is 1. The second kappa shape index (κ2) is 8.17. The molecule has 2 N–H and O–H groups in total. The fraction of sp³-hybridized carbons (Fsp3) is 0.200. The summed E-state index contributed by atoms with van der Waals surface area (Å²) in [6.45, 7) is 0.464. The highest BCUT2D eigenvalue weighted by atomic mass is 35.5. The van der Waals surface area contributed by atoms with E-state index in [-0.39, 0.29) is 11.9 Å². The van der Waals surface area contributed by atoms with E-state index in [1.807, 2.05) is 68.7 Å². The van der Waals surface area contributed by atoms with Gasteiger partial charge in [0.1, 0.15) is 0 Å². The summed E-state index contributed by atoms with van der Waals surface area (Å²) >= 11 is 6.11. The van der Waals surface area contributed by atoms with Gasteiger partial charge in [-0.05, 0) is 31.8 Å². The molecule has 6 heteroatoms. The van der Waals surface area contributed by atoms with Gasteiger partial charge in [-0.3, -0.25) is 9.89 Å². The lowest BCUT2D eigenvalue weighted by molar-refractivity contribution is 0.0942. The number of carbonyl (C=O) groups excluding carboxylic acids is 1. The van der Waals surface area contributed by atoms with Crippen molar-refractivity contribution in [1.82, 2.24) is 20.4 Å². The Morgan fingerprint density at radius 3 is 2.65 bits per heavy atom. The van der Waals surface area contributed by atoms with Gasteiger partial charge < -0.3 is 10.2 Å². The topological polar surface area (TPSA) is 61.0 Å². The average molecular weight is 369 g/mol. The summed E-state index contributed by atoms with van der Waals surface area (Å²) in [5, 5.41) is 10.6. The van der Waals surface area contributed by atoms with Crippen LogP contribution in [-0.2, 0) is 0 Å². The number of H-pyrrole nitrogens is 1. The second-order valence-electron chi connectivity index (χ2n) is 6.27.